The molecule has 0 heterocycles. The number of halogens is 6. The maximum absolute atomic E-state index is 13.2. The van der Waals surface area contributed by atoms with E-state index >= 15 is 0 Å². The second-order valence-corrected chi connectivity index (χ2v) is 5.72. The second kappa shape index (κ2) is 6.14. The summed E-state index contributed by atoms with van der Waals surface area (Å²) in [4.78, 5) is -0.449. The Bertz CT molecular complexity index is 645. The summed E-state index contributed by atoms with van der Waals surface area (Å²) >= 11 is 9.13. The van der Waals surface area contributed by atoms with E-state index in [4.69, 9.17) is 11.6 Å². The Hall–Kier alpha value is -1.07. The lowest BCUT2D eigenvalue weighted by molar-refractivity contribution is 0.505. The molecule has 106 valence electrons. The molecule has 0 aromatic heterocycles. The average Bonchev–Trinajstić information content (AvgIpc) is 2.38. The lowest BCUT2D eigenvalue weighted by Gasteiger charge is -2.13. The molecule has 1 atom stereocenters. The highest BCUT2D eigenvalue weighted by Crippen LogP contribution is 2.33. The molecule has 0 nitrogen and oxygen atoms in total. The van der Waals surface area contributed by atoms with E-state index in [2.05, 4.69) is 15.9 Å². The summed E-state index contributed by atoms with van der Waals surface area (Å²) in [5.74, 6) is -3.95. The Balaban J connectivity index is 2.25. The summed E-state index contributed by atoms with van der Waals surface area (Å²) < 4.78 is 52.1. The van der Waals surface area contributed by atoms with Crippen molar-refractivity contribution in [3.63, 3.8) is 0 Å². The normalized spacial score (nSPS) is 12.5. The minimum absolute atomic E-state index is 0.0633. The first kappa shape index (κ1) is 15.3. The third kappa shape index (κ3) is 3.33. The zero-order valence-corrected chi connectivity index (χ0v) is 12.3. The summed E-state index contributed by atoms with van der Waals surface area (Å²) in [6, 6.07) is 5.35. The van der Waals surface area contributed by atoms with Gasteiger partial charge in [0.25, 0.3) is 0 Å². The fourth-order valence-electron chi connectivity index (χ4n) is 1.76. The van der Waals surface area contributed by atoms with Gasteiger partial charge in [-0.25, -0.2) is 17.6 Å². The minimum atomic E-state index is -1.04. The van der Waals surface area contributed by atoms with E-state index in [0.717, 1.165) is 24.3 Å². The van der Waals surface area contributed by atoms with Crippen LogP contribution in [0.25, 0.3) is 0 Å². The highest BCUT2D eigenvalue weighted by atomic mass is 79.9. The van der Waals surface area contributed by atoms with Gasteiger partial charge in [-0.2, -0.15) is 0 Å². The summed E-state index contributed by atoms with van der Waals surface area (Å²) in [5, 5.41) is 0.0633. The monoisotopic (exact) mass is 366 g/mol. The van der Waals surface area contributed by atoms with Crippen molar-refractivity contribution >= 4 is 27.5 Å². The molecule has 2 rings (SSSR count). The van der Waals surface area contributed by atoms with E-state index in [-0.39, 0.29) is 11.4 Å². The largest absolute Gasteiger partial charge is 0.204 e. The van der Waals surface area contributed by atoms with Gasteiger partial charge < -0.3 is 0 Å². The van der Waals surface area contributed by atoms with E-state index < -0.39 is 28.1 Å². The molecule has 0 amide bonds. The van der Waals surface area contributed by atoms with Crippen LogP contribution in [-0.4, -0.2) is 0 Å². The molecule has 0 saturated heterocycles. The van der Waals surface area contributed by atoms with Crippen molar-refractivity contribution in [2.75, 3.05) is 0 Å². The van der Waals surface area contributed by atoms with Crippen molar-refractivity contribution in [3.8, 4) is 0 Å². The molecule has 0 spiro atoms. The smallest absolute Gasteiger partial charge is 0.160 e. The number of hydrogen-bond acceptors (Lipinski definition) is 0. The van der Waals surface area contributed by atoms with Crippen LogP contribution in [0.1, 0.15) is 16.0 Å². The standard InChI is InChI=1S/C14H8BrClF4/c15-9(3-7-1-2-11(17)12(18)4-7)8-5-13(19)14(20)6-10(8)16/h1-2,4-6,9H,3H2. The van der Waals surface area contributed by atoms with Gasteiger partial charge in [-0.15, -0.1) is 0 Å². The van der Waals surface area contributed by atoms with Gasteiger partial charge in [-0.1, -0.05) is 33.6 Å². The lowest BCUT2D eigenvalue weighted by atomic mass is 10.0. The van der Waals surface area contributed by atoms with Crippen LogP contribution < -0.4 is 0 Å². The van der Waals surface area contributed by atoms with Crippen molar-refractivity contribution in [1.82, 2.24) is 0 Å². The predicted octanol–water partition coefficient (Wildman–Crippen LogP) is 5.58. The maximum atomic E-state index is 13.2. The number of rotatable bonds is 3. The van der Waals surface area contributed by atoms with E-state index in [1.807, 2.05) is 0 Å². The SMILES string of the molecule is Fc1ccc(CC(Br)c2cc(F)c(F)cc2Cl)cc1F. The minimum Gasteiger partial charge on any atom is -0.204 e. The van der Waals surface area contributed by atoms with Crippen LogP contribution in [0, 0.1) is 23.3 Å². The van der Waals surface area contributed by atoms with Crippen LogP contribution >= 0.6 is 27.5 Å². The topological polar surface area (TPSA) is 0 Å². The predicted molar refractivity (Wildman–Crippen MR) is 73.1 cm³/mol. The Morgan fingerprint density at radius 3 is 2.15 bits per heavy atom. The maximum Gasteiger partial charge on any atom is 0.160 e. The molecule has 0 aliphatic carbocycles. The molecule has 0 saturated carbocycles. The summed E-state index contributed by atoms with van der Waals surface area (Å²) in [6.07, 6.45) is 0.252. The zero-order valence-electron chi connectivity index (χ0n) is 9.94. The molecule has 0 aliphatic rings. The first-order valence-electron chi connectivity index (χ1n) is 5.61. The Labute approximate surface area is 126 Å². The van der Waals surface area contributed by atoms with Gasteiger partial charge in [0.05, 0.1) is 0 Å². The van der Waals surface area contributed by atoms with Gasteiger partial charge in [0.2, 0.25) is 0 Å². The van der Waals surface area contributed by atoms with E-state index in [9.17, 15) is 17.6 Å². The van der Waals surface area contributed by atoms with Gasteiger partial charge >= 0.3 is 0 Å². The fourth-order valence-corrected chi connectivity index (χ4v) is 2.93. The Morgan fingerprint density at radius 1 is 0.900 bits per heavy atom. The zero-order chi connectivity index (χ0) is 14.9. The average molecular weight is 368 g/mol. The van der Waals surface area contributed by atoms with Gasteiger partial charge in [-0.3, -0.25) is 0 Å². The van der Waals surface area contributed by atoms with Crippen LogP contribution in [0.4, 0.5) is 17.6 Å². The van der Waals surface area contributed by atoms with Crippen molar-refractivity contribution < 1.29 is 17.6 Å². The van der Waals surface area contributed by atoms with E-state index in [1.54, 1.807) is 0 Å². The van der Waals surface area contributed by atoms with Crippen LogP contribution in [0.15, 0.2) is 30.3 Å². The molecule has 20 heavy (non-hydrogen) atoms. The first-order chi connectivity index (χ1) is 9.38. The lowest BCUT2D eigenvalue weighted by Crippen LogP contribution is -2.00. The summed E-state index contributed by atoms with van der Waals surface area (Å²) in [7, 11) is 0. The second-order valence-electron chi connectivity index (χ2n) is 4.21. The number of alkyl halides is 1. The molecule has 0 radical (unpaired) electrons. The van der Waals surface area contributed by atoms with Gasteiger partial charge in [0.1, 0.15) is 0 Å². The van der Waals surface area contributed by atoms with Crippen LogP contribution in [0.2, 0.25) is 5.02 Å². The molecule has 0 N–H and O–H groups in total. The van der Waals surface area contributed by atoms with E-state index in [1.165, 1.54) is 6.07 Å². The molecule has 0 bridgehead atoms. The third-order valence-corrected chi connectivity index (χ3v) is 3.92. The van der Waals surface area contributed by atoms with Gasteiger partial charge in [-0.05, 0) is 41.8 Å². The number of benzene rings is 2. The van der Waals surface area contributed by atoms with Crippen molar-refractivity contribution in [3.05, 3.63) is 69.8 Å². The molecular weight excluding hydrogens is 360 g/mol. The van der Waals surface area contributed by atoms with Crippen LogP contribution in [-0.2, 0) is 6.42 Å². The first-order valence-corrected chi connectivity index (χ1v) is 6.90. The molecule has 0 aliphatic heterocycles. The van der Waals surface area contributed by atoms with Gasteiger partial charge in [0, 0.05) is 9.85 Å². The molecule has 2 aromatic rings. The van der Waals surface area contributed by atoms with Crippen molar-refractivity contribution in [2.24, 2.45) is 0 Å². The molecule has 0 fully saturated rings. The summed E-state index contributed by atoms with van der Waals surface area (Å²) in [6.45, 7) is 0. The van der Waals surface area contributed by atoms with Gasteiger partial charge in [0.15, 0.2) is 23.3 Å². The number of hydrogen-bond donors (Lipinski definition) is 0. The summed E-state index contributed by atoms with van der Waals surface area (Å²) in [5.41, 5.74) is 0.849. The van der Waals surface area contributed by atoms with E-state index in [0.29, 0.717) is 11.1 Å². The molecule has 1 unspecified atom stereocenters. The van der Waals surface area contributed by atoms with Crippen molar-refractivity contribution in [1.29, 1.82) is 0 Å². The Kier molecular flexibility index (Phi) is 4.70. The third-order valence-electron chi connectivity index (χ3n) is 2.78. The molecule has 2 aromatic carbocycles. The Morgan fingerprint density at radius 2 is 1.50 bits per heavy atom. The quantitative estimate of drug-likeness (QED) is 0.378. The van der Waals surface area contributed by atoms with Crippen LogP contribution in [0.3, 0.4) is 0 Å². The molecule has 6 heteroatoms. The van der Waals surface area contributed by atoms with Crippen LogP contribution in [0.5, 0.6) is 0 Å². The fraction of sp³-hybridized carbons (Fsp3) is 0.143. The highest BCUT2D eigenvalue weighted by molar-refractivity contribution is 9.09. The highest BCUT2D eigenvalue weighted by Gasteiger charge is 2.16. The molecular formula is C14H8BrClF4. The van der Waals surface area contributed by atoms with Crippen molar-refractivity contribution in [2.45, 2.75) is 11.2 Å².